The van der Waals surface area contributed by atoms with E-state index in [-0.39, 0.29) is 0 Å². The fourth-order valence-electron chi connectivity index (χ4n) is 1.96. The van der Waals surface area contributed by atoms with Gasteiger partial charge in [0.25, 0.3) is 0 Å². The van der Waals surface area contributed by atoms with Gasteiger partial charge in [0.2, 0.25) is 0 Å². The molecule has 0 aliphatic heterocycles. The highest BCUT2D eigenvalue weighted by molar-refractivity contribution is 5.49. The number of pyridine rings is 1. The minimum atomic E-state index is -0.676. The van der Waals surface area contributed by atoms with Crippen molar-refractivity contribution in [2.75, 3.05) is 0 Å². The molecule has 0 spiro atoms. The van der Waals surface area contributed by atoms with Gasteiger partial charge in [0.05, 0.1) is 12.1 Å². The zero-order chi connectivity index (χ0) is 13.0. The highest BCUT2D eigenvalue weighted by atomic mass is 16.3. The van der Waals surface area contributed by atoms with E-state index in [1.165, 1.54) is 0 Å². The van der Waals surface area contributed by atoms with Gasteiger partial charge in [-0.2, -0.15) is 0 Å². The van der Waals surface area contributed by atoms with E-state index in [1.54, 1.807) is 12.4 Å². The Morgan fingerprint density at radius 3 is 2.56 bits per heavy atom. The van der Waals surface area contributed by atoms with Gasteiger partial charge < -0.3 is 9.67 Å². The topological polar surface area (TPSA) is 50.9 Å². The number of nitrogens with zero attached hydrogens (tertiary/aromatic N) is 3. The summed E-state index contributed by atoms with van der Waals surface area (Å²) >= 11 is 0. The lowest BCUT2D eigenvalue weighted by Gasteiger charge is -2.26. The van der Waals surface area contributed by atoms with Crippen molar-refractivity contribution in [3.05, 3.63) is 36.8 Å². The predicted molar refractivity (Wildman–Crippen MR) is 71.0 cm³/mol. The van der Waals surface area contributed by atoms with Crippen molar-refractivity contribution in [3.8, 4) is 11.5 Å². The Bertz CT molecular complexity index is 489. The van der Waals surface area contributed by atoms with E-state index in [9.17, 15) is 5.11 Å². The van der Waals surface area contributed by atoms with E-state index in [0.29, 0.717) is 6.54 Å². The summed E-state index contributed by atoms with van der Waals surface area (Å²) in [5.41, 5.74) is 0.154. The molecule has 0 atom stereocenters. The molecule has 0 unspecified atom stereocenters. The van der Waals surface area contributed by atoms with Gasteiger partial charge in [0.1, 0.15) is 5.69 Å². The van der Waals surface area contributed by atoms with Gasteiger partial charge in [-0.05, 0) is 25.0 Å². The molecular weight excluding hydrogens is 226 g/mol. The largest absolute Gasteiger partial charge is 0.388 e. The Morgan fingerprint density at radius 1 is 1.17 bits per heavy atom. The second-order valence-corrected chi connectivity index (χ2v) is 4.53. The Labute approximate surface area is 107 Å². The van der Waals surface area contributed by atoms with Gasteiger partial charge >= 0.3 is 0 Å². The first kappa shape index (κ1) is 12.8. The first-order valence-corrected chi connectivity index (χ1v) is 6.33. The fraction of sp³-hybridized carbons (Fsp3) is 0.429. The Balaban J connectivity index is 2.29. The smallest absolute Gasteiger partial charge is 0.158 e. The second kappa shape index (κ2) is 5.31. The van der Waals surface area contributed by atoms with Crippen LogP contribution in [-0.2, 0) is 6.54 Å². The molecule has 96 valence electrons. The molecule has 4 heteroatoms. The van der Waals surface area contributed by atoms with Crippen molar-refractivity contribution < 1.29 is 5.11 Å². The van der Waals surface area contributed by atoms with Gasteiger partial charge in [-0.15, -0.1) is 0 Å². The standard InChI is InChI=1S/C14H19N3O/c1-3-14(18,4-2)11-17-10-9-16-13(17)12-7-5-6-8-15-12/h5-10,18H,3-4,11H2,1-2H3. The van der Waals surface area contributed by atoms with Crippen molar-refractivity contribution in [2.24, 2.45) is 0 Å². The third-order valence-corrected chi connectivity index (χ3v) is 3.39. The third-order valence-electron chi connectivity index (χ3n) is 3.39. The molecule has 2 aromatic heterocycles. The average Bonchev–Trinajstić information content (AvgIpc) is 2.87. The van der Waals surface area contributed by atoms with Crippen LogP contribution < -0.4 is 0 Å². The molecule has 0 fully saturated rings. The Morgan fingerprint density at radius 2 is 1.94 bits per heavy atom. The maximum atomic E-state index is 10.4. The van der Waals surface area contributed by atoms with E-state index in [2.05, 4.69) is 9.97 Å². The lowest BCUT2D eigenvalue weighted by molar-refractivity contribution is 0.0155. The van der Waals surface area contributed by atoms with Crippen LogP contribution in [0.25, 0.3) is 11.5 Å². The zero-order valence-corrected chi connectivity index (χ0v) is 10.9. The van der Waals surface area contributed by atoms with Crippen LogP contribution in [0, 0.1) is 0 Å². The van der Waals surface area contributed by atoms with Crippen LogP contribution in [0.15, 0.2) is 36.8 Å². The minimum absolute atomic E-state index is 0.548. The van der Waals surface area contributed by atoms with E-state index in [4.69, 9.17) is 0 Å². The number of imidazole rings is 1. The van der Waals surface area contributed by atoms with Crippen LogP contribution >= 0.6 is 0 Å². The molecule has 0 aliphatic rings. The molecule has 2 rings (SSSR count). The molecule has 1 N–H and O–H groups in total. The van der Waals surface area contributed by atoms with Gasteiger partial charge in [0.15, 0.2) is 5.82 Å². The summed E-state index contributed by atoms with van der Waals surface area (Å²) in [4.78, 5) is 8.63. The number of aromatic nitrogens is 3. The normalized spacial score (nSPS) is 11.7. The molecule has 2 aromatic rings. The number of hydrogen-bond acceptors (Lipinski definition) is 3. The molecule has 2 heterocycles. The van der Waals surface area contributed by atoms with Crippen molar-refractivity contribution >= 4 is 0 Å². The highest BCUT2D eigenvalue weighted by Crippen LogP contribution is 2.21. The summed E-state index contributed by atoms with van der Waals surface area (Å²) in [5, 5.41) is 10.4. The summed E-state index contributed by atoms with van der Waals surface area (Å²) in [5.74, 6) is 0.802. The van der Waals surface area contributed by atoms with E-state index in [0.717, 1.165) is 24.4 Å². The van der Waals surface area contributed by atoms with Gasteiger partial charge in [-0.1, -0.05) is 19.9 Å². The molecule has 0 aromatic carbocycles. The van der Waals surface area contributed by atoms with E-state index < -0.39 is 5.60 Å². The van der Waals surface area contributed by atoms with Crippen LogP contribution in [0.3, 0.4) is 0 Å². The van der Waals surface area contributed by atoms with Gasteiger partial charge in [0, 0.05) is 18.6 Å². The maximum absolute atomic E-state index is 10.4. The quantitative estimate of drug-likeness (QED) is 0.880. The molecule has 0 aliphatic carbocycles. The van der Waals surface area contributed by atoms with Crippen LogP contribution in [0.5, 0.6) is 0 Å². The van der Waals surface area contributed by atoms with E-state index in [1.807, 2.05) is 42.8 Å². The summed E-state index contributed by atoms with van der Waals surface area (Å²) in [6.07, 6.45) is 6.84. The van der Waals surface area contributed by atoms with Crippen molar-refractivity contribution in [2.45, 2.75) is 38.8 Å². The number of rotatable bonds is 5. The van der Waals surface area contributed by atoms with Crippen molar-refractivity contribution in [1.29, 1.82) is 0 Å². The van der Waals surface area contributed by atoms with Crippen LogP contribution in [0.4, 0.5) is 0 Å². The molecule has 0 saturated carbocycles. The lowest BCUT2D eigenvalue weighted by Crippen LogP contribution is -2.32. The Kier molecular flexibility index (Phi) is 3.77. The number of aliphatic hydroxyl groups is 1. The zero-order valence-electron chi connectivity index (χ0n) is 10.9. The summed E-state index contributed by atoms with van der Waals surface area (Å²) in [6, 6.07) is 5.74. The highest BCUT2D eigenvalue weighted by Gasteiger charge is 2.24. The first-order chi connectivity index (χ1) is 8.68. The molecular formula is C14H19N3O. The Hall–Kier alpha value is -1.68. The summed E-state index contributed by atoms with van der Waals surface area (Å²) < 4.78 is 1.97. The predicted octanol–water partition coefficient (Wildman–Crippen LogP) is 2.50. The minimum Gasteiger partial charge on any atom is -0.388 e. The van der Waals surface area contributed by atoms with Gasteiger partial charge in [-0.3, -0.25) is 4.98 Å². The SMILES string of the molecule is CCC(O)(CC)Cn1ccnc1-c1ccccn1. The average molecular weight is 245 g/mol. The molecule has 0 saturated heterocycles. The monoisotopic (exact) mass is 245 g/mol. The maximum Gasteiger partial charge on any atom is 0.158 e. The first-order valence-electron chi connectivity index (χ1n) is 6.33. The van der Waals surface area contributed by atoms with Crippen LogP contribution in [0.2, 0.25) is 0 Å². The second-order valence-electron chi connectivity index (χ2n) is 4.53. The fourth-order valence-corrected chi connectivity index (χ4v) is 1.96. The summed E-state index contributed by atoms with van der Waals surface area (Å²) in [7, 11) is 0. The molecule has 0 amide bonds. The van der Waals surface area contributed by atoms with Crippen molar-refractivity contribution in [3.63, 3.8) is 0 Å². The van der Waals surface area contributed by atoms with Crippen molar-refractivity contribution in [1.82, 2.24) is 14.5 Å². The number of hydrogen-bond donors (Lipinski definition) is 1. The molecule has 18 heavy (non-hydrogen) atoms. The lowest BCUT2D eigenvalue weighted by atomic mass is 9.97. The molecule has 0 bridgehead atoms. The third kappa shape index (κ3) is 2.59. The molecule has 4 nitrogen and oxygen atoms in total. The van der Waals surface area contributed by atoms with Gasteiger partial charge in [-0.25, -0.2) is 4.98 Å². The van der Waals surface area contributed by atoms with E-state index >= 15 is 0 Å². The van der Waals surface area contributed by atoms with Crippen LogP contribution in [0.1, 0.15) is 26.7 Å². The summed E-state index contributed by atoms with van der Waals surface area (Å²) in [6.45, 7) is 4.55. The van der Waals surface area contributed by atoms with Crippen LogP contribution in [-0.4, -0.2) is 25.2 Å². The molecule has 0 radical (unpaired) electrons.